The van der Waals surface area contributed by atoms with Crippen LogP contribution < -0.4 is 5.32 Å². The van der Waals surface area contributed by atoms with Crippen LogP contribution in [0.25, 0.3) is 5.69 Å². The first kappa shape index (κ1) is 21.3. The van der Waals surface area contributed by atoms with Crippen molar-refractivity contribution in [2.24, 2.45) is 0 Å². The summed E-state index contributed by atoms with van der Waals surface area (Å²) in [7, 11) is 0. The molecule has 0 bridgehead atoms. The molecule has 2 aromatic rings. The number of para-hydroxylation sites is 1. The number of carbonyl (C=O) groups is 1. The Morgan fingerprint density at radius 3 is 2.90 bits per heavy atom. The second kappa shape index (κ2) is 9.41. The maximum atomic E-state index is 12.6. The number of benzene rings is 1. The number of amides is 1. The molecule has 0 saturated carbocycles. The van der Waals surface area contributed by atoms with Crippen molar-refractivity contribution >= 4 is 6.09 Å². The highest BCUT2D eigenvalue weighted by molar-refractivity contribution is 5.68. The number of imidazole rings is 1. The molecule has 0 radical (unpaired) electrons. The van der Waals surface area contributed by atoms with E-state index in [2.05, 4.69) is 29.4 Å². The van der Waals surface area contributed by atoms with E-state index < -0.39 is 5.60 Å². The van der Waals surface area contributed by atoms with Crippen molar-refractivity contribution in [2.45, 2.75) is 58.3 Å². The molecule has 2 heterocycles. The minimum atomic E-state index is -0.499. The van der Waals surface area contributed by atoms with E-state index in [1.54, 1.807) is 12.5 Å². The van der Waals surface area contributed by atoms with Gasteiger partial charge in [-0.15, -0.1) is 0 Å². The van der Waals surface area contributed by atoms with Crippen LogP contribution in [0.1, 0.15) is 39.7 Å². The monoisotopic (exact) mass is 400 g/mol. The fourth-order valence-electron chi connectivity index (χ4n) is 3.50. The number of hydrogen-bond acceptors (Lipinski definition) is 5. The molecule has 1 aromatic carbocycles. The van der Waals surface area contributed by atoms with Gasteiger partial charge in [0.15, 0.2) is 0 Å². The fraction of sp³-hybridized carbons (Fsp3) is 0.545. The number of rotatable bonds is 6. The molecule has 1 saturated heterocycles. The largest absolute Gasteiger partial charge is 0.444 e. The molecule has 1 N–H and O–H groups in total. The third-order valence-electron chi connectivity index (χ3n) is 4.90. The first-order chi connectivity index (χ1) is 13.8. The third-order valence-corrected chi connectivity index (χ3v) is 4.90. The van der Waals surface area contributed by atoms with Crippen LogP contribution in [0.5, 0.6) is 0 Å². The fourth-order valence-corrected chi connectivity index (χ4v) is 3.50. The van der Waals surface area contributed by atoms with Gasteiger partial charge in [-0.2, -0.15) is 0 Å². The van der Waals surface area contributed by atoms with Gasteiger partial charge < -0.3 is 24.3 Å². The predicted octanol–water partition coefficient (Wildman–Crippen LogP) is 3.38. The molecule has 29 heavy (non-hydrogen) atoms. The summed E-state index contributed by atoms with van der Waals surface area (Å²) in [6.45, 7) is 10.2. The number of carbonyl (C=O) groups excluding carboxylic acids is 1. The lowest BCUT2D eigenvalue weighted by molar-refractivity contribution is -0.0356. The van der Waals surface area contributed by atoms with E-state index in [4.69, 9.17) is 9.47 Å². The van der Waals surface area contributed by atoms with Crippen molar-refractivity contribution in [3.05, 3.63) is 48.5 Å². The smallest absolute Gasteiger partial charge is 0.410 e. The zero-order valence-corrected chi connectivity index (χ0v) is 17.8. The summed E-state index contributed by atoms with van der Waals surface area (Å²) in [5, 5.41) is 3.59. The van der Waals surface area contributed by atoms with Gasteiger partial charge in [0, 0.05) is 31.5 Å². The zero-order chi connectivity index (χ0) is 20.9. The first-order valence-electron chi connectivity index (χ1n) is 10.2. The first-order valence-corrected chi connectivity index (χ1v) is 10.2. The van der Waals surface area contributed by atoms with Crippen molar-refractivity contribution < 1.29 is 14.3 Å². The van der Waals surface area contributed by atoms with Crippen LogP contribution in [-0.2, 0) is 16.0 Å². The highest BCUT2D eigenvalue weighted by atomic mass is 16.6. The highest BCUT2D eigenvalue weighted by Gasteiger charge is 2.31. The molecule has 3 rings (SSSR count). The van der Waals surface area contributed by atoms with Crippen molar-refractivity contribution in [1.29, 1.82) is 0 Å². The lowest BCUT2D eigenvalue weighted by Crippen LogP contribution is -2.52. The average Bonchev–Trinajstić information content (AvgIpc) is 3.20. The van der Waals surface area contributed by atoms with Crippen LogP contribution in [0.2, 0.25) is 0 Å². The zero-order valence-electron chi connectivity index (χ0n) is 17.8. The summed E-state index contributed by atoms with van der Waals surface area (Å²) < 4.78 is 13.2. The van der Waals surface area contributed by atoms with E-state index >= 15 is 0 Å². The molecule has 1 amide bonds. The van der Waals surface area contributed by atoms with Crippen LogP contribution in [0.4, 0.5) is 4.79 Å². The van der Waals surface area contributed by atoms with Gasteiger partial charge in [-0.3, -0.25) is 0 Å². The van der Waals surface area contributed by atoms with Gasteiger partial charge >= 0.3 is 6.09 Å². The Bertz CT molecular complexity index is 786. The Kier molecular flexibility index (Phi) is 6.92. The normalized spacial score (nSPS) is 18.5. The molecule has 7 nitrogen and oxygen atoms in total. The van der Waals surface area contributed by atoms with Gasteiger partial charge in [0.2, 0.25) is 0 Å². The Morgan fingerprint density at radius 1 is 1.38 bits per heavy atom. The minimum Gasteiger partial charge on any atom is -0.444 e. The molecule has 2 atom stereocenters. The van der Waals surface area contributed by atoms with Gasteiger partial charge in [0.1, 0.15) is 5.60 Å². The van der Waals surface area contributed by atoms with Crippen LogP contribution in [0.15, 0.2) is 43.0 Å². The topological polar surface area (TPSA) is 68.6 Å². The van der Waals surface area contributed by atoms with Crippen LogP contribution >= 0.6 is 0 Å². The molecule has 0 aliphatic carbocycles. The standard InChI is InChI=1S/C22H32N4O3/c1-17(13-19-15-28-12-11-26(19)21(27)29-22(2,3)4)24-14-18-7-5-6-8-20(18)25-10-9-23-16-25/h5-10,16-17,19,24H,11-15H2,1-4H3/t17-,19-/m0/s1. The Morgan fingerprint density at radius 2 is 2.17 bits per heavy atom. The van der Waals surface area contributed by atoms with Crippen LogP contribution in [0.3, 0.4) is 0 Å². The van der Waals surface area contributed by atoms with Crippen molar-refractivity contribution in [2.75, 3.05) is 19.8 Å². The molecule has 1 aliphatic rings. The summed E-state index contributed by atoms with van der Waals surface area (Å²) in [4.78, 5) is 18.5. The van der Waals surface area contributed by atoms with E-state index in [1.807, 2.05) is 48.6 Å². The molecular formula is C22H32N4O3. The van der Waals surface area contributed by atoms with E-state index in [0.29, 0.717) is 19.8 Å². The number of hydrogen-bond donors (Lipinski definition) is 1. The minimum absolute atomic E-state index is 0.00462. The molecule has 0 unspecified atom stereocenters. The molecule has 1 fully saturated rings. The van der Waals surface area contributed by atoms with Crippen LogP contribution in [0, 0.1) is 0 Å². The maximum Gasteiger partial charge on any atom is 0.410 e. The number of nitrogens with zero attached hydrogens (tertiary/aromatic N) is 3. The third kappa shape index (κ3) is 6.05. The summed E-state index contributed by atoms with van der Waals surface area (Å²) in [5.41, 5.74) is 1.81. The Balaban J connectivity index is 1.59. The second-order valence-corrected chi connectivity index (χ2v) is 8.52. The Labute approximate surface area is 173 Å². The molecule has 1 aromatic heterocycles. The van der Waals surface area contributed by atoms with E-state index in [9.17, 15) is 4.79 Å². The lowest BCUT2D eigenvalue weighted by Gasteiger charge is -2.37. The maximum absolute atomic E-state index is 12.6. The molecule has 158 valence electrons. The molecule has 7 heteroatoms. The summed E-state index contributed by atoms with van der Waals surface area (Å²) >= 11 is 0. The molecule has 0 spiro atoms. The predicted molar refractivity (Wildman–Crippen MR) is 112 cm³/mol. The van der Waals surface area contributed by atoms with Gasteiger partial charge in [-0.05, 0) is 45.7 Å². The number of ether oxygens (including phenoxy) is 2. The van der Waals surface area contributed by atoms with Gasteiger partial charge in [0.25, 0.3) is 0 Å². The number of nitrogens with one attached hydrogen (secondary N) is 1. The Hall–Kier alpha value is -2.38. The van der Waals surface area contributed by atoms with Gasteiger partial charge in [-0.1, -0.05) is 18.2 Å². The van der Waals surface area contributed by atoms with Gasteiger partial charge in [0.05, 0.1) is 31.3 Å². The number of morpholine rings is 1. The van der Waals surface area contributed by atoms with E-state index in [0.717, 1.165) is 18.7 Å². The van der Waals surface area contributed by atoms with Crippen molar-refractivity contribution in [3.63, 3.8) is 0 Å². The quantitative estimate of drug-likeness (QED) is 0.805. The van der Waals surface area contributed by atoms with Gasteiger partial charge in [-0.25, -0.2) is 9.78 Å². The number of aromatic nitrogens is 2. The highest BCUT2D eigenvalue weighted by Crippen LogP contribution is 2.19. The molecule has 1 aliphatic heterocycles. The van der Waals surface area contributed by atoms with Crippen LogP contribution in [-0.4, -0.2) is 58.0 Å². The van der Waals surface area contributed by atoms with Crippen molar-refractivity contribution in [3.8, 4) is 5.69 Å². The second-order valence-electron chi connectivity index (χ2n) is 8.52. The van der Waals surface area contributed by atoms with E-state index in [1.165, 1.54) is 5.56 Å². The summed E-state index contributed by atoms with van der Waals surface area (Å²) in [6.07, 6.45) is 6.07. The van der Waals surface area contributed by atoms with E-state index in [-0.39, 0.29) is 18.2 Å². The summed E-state index contributed by atoms with van der Waals surface area (Å²) in [6, 6.07) is 8.49. The molecular weight excluding hydrogens is 368 g/mol. The summed E-state index contributed by atoms with van der Waals surface area (Å²) in [5.74, 6) is 0. The SMILES string of the molecule is C[C@@H](C[C@H]1COCCN1C(=O)OC(C)(C)C)NCc1ccccc1-n1ccnc1. The lowest BCUT2D eigenvalue weighted by atomic mass is 10.1. The van der Waals surface area contributed by atoms with Crippen molar-refractivity contribution in [1.82, 2.24) is 19.8 Å². The average molecular weight is 401 g/mol.